The number of ether oxygens (including phenoxy) is 2. The maximum absolute atomic E-state index is 13.0. The van der Waals surface area contributed by atoms with Crippen molar-refractivity contribution in [3.05, 3.63) is 94.7 Å². The Balaban J connectivity index is 1.46. The van der Waals surface area contributed by atoms with E-state index in [2.05, 4.69) is 26.1 Å². The molecule has 1 heterocycles. The molecule has 3 aromatic rings. The van der Waals surface area contributed by atoms with Gasteiger partial charge in [0.2, 0.25) is 0 Å². The van der Waals surface area contributed by atoms with Crippen molar-refractivity contribution in [2.45, 2.75) is 26.2 Å². The molecule has 0 spiro atoms. The molecule has 1 N–H and O–H groups in total. The highest BCUT2D eigenvalue weighted by Gasteiger charge is 2.40. The first-order chi connectivity index (χ1) is 17.1. The molecule has 1 aliphatic rings. The number of carbonyl (C=O) groups is 3. The second-order valence-electron chi connectivity index (χ2n) is 9.17. The van der Waals surface area contributed by atoms with E-state index >= 15 is 0 Å². The van der Waals surface area contributed by atoms with Gasteiger partial charge in [0.1, 0.15) is 22.2 Å². The first kappa shape index (κ1) is 25.0. The smallest absolute Gasteiger partial charge is 0.343 e. The zero-order valence-electron chi connectivity index (χ0n) is 20.3. The lowest BCUT2D eigenvalue weighted by atomic mass is 9.87. The van der Waals surface area contributed by atoms with Crippen LogP contribution in [0.5, 0.6) is 11.5 Å². The van der Waals surface area contributed by atoms with E-state index in [1.807, 2.05) is 12.1 Å². The molecular weight excluding hydrogens is 480 g/mol. The van der Waals surface area contributed by atoms with Crippen molar-refractivity contribution in [1.29, 1.82) is 0 Å². The van der Waals surface area contributed by atoms with Gasteiger partial charge >= 0.3 is 5.97 Å². The molecule has 7 nitrogen and oxygen atoms in total. The number of benzene rings is 3. The first-order valence-electron chi connectivity index (χ1n) is 11.2. The van der Waals surface area contributed by atoms with Gasteiger partial charge in [0.15, 0.2) is 0 Å². The molecule has 0 bridgehead atoms. The molecule has 2 amide bonds. The zero-order valence-corrected chi connectivity index (χ0v) is 21.1. The zero-order chi connectivity index (χ0) is 26.0. The third-order valence-electron chi connectivity index (χ3n) is 5.67. The Morgan fingerprint density at radius 2 is 1.53 bits per heavy atom. The van der Waals surface area contributed by atoms with Crippen LogP contribution in [0.25, 0.3) is 0 Å². The van der Waals surface area contributed by atoms with E-state index in [9.17, 15) is 14.4 Å². The Morgan fingerprint density at radius 1 is 0.889 bits per heavy atom. The van der Waals surface area contributed by atoms with E-state index in [0.29, 0.717) is 28.4 Å². The molecule has 0 saturated carbocycles. The molecule has 0 fully saturated rings. The van der Waals surface area contributed by atoms with Crippen LogP contribution < -0.4 is 19.7 Å². The summed E-state index contributed by atoms with van der Waals surface area (Å²) in [5, 5.41) is 2.64. The highest BCUT2D eigenvalue weighted by molar-refractivity contribution is 6.53. The number of halogens is 1. The second kappa shape index (κ2) is 9.87. The van der Waals surface area contributed by atoms with Crippen LogP contribution in [-0.4, -0.2) is 24.9 Å². The summed E-state index contributed by atoms with van der Waals surface area (Å²) in [5.74, 6) is -0.987. The lowest BCUT2D eigenvalue weighted by Crippen LogP contribution is -2.32. The fraction of sp³-hybridized carbons (Fsp3) is 0.179. The minimum absolute atomic E-state index is 0.000779. The molecule has 0 radical (unpaired) electrons. The minimum Gasteiger partial charge on any atom is -0.495 e. The van der Waals surface area contributed by atoms with Crippen LogP contribution in [0, 0.1) is 0 Å². The number of carbonyl (C=O) groups excluding carboxylic acids is 3. The van der Waals surface area contributed by atoms with E-state index in [0.717, 1.165) is 10.5 Å². The molecule has 0 atom stereocenters. The number of hydrogen-bond donors (Lipinski definition) is 1. The van der Waals surface area contributed by atoms with Gasteiger partial charge in [-0.3, -0.25) is 9.59 Å². The van der Waals surface area contributed by atoms with Crippen molar-refractivity contribution in [2.75, 3.05) is 17.3 Å². The predicted molar refractivity (Wildman–Crippen MR) is 139 cm³/mol. The number of esters is 1. The van der Waals surface area contributed by atoms with Crippen LogP contribution in [0.4, 0.5) is 11.4 Å². The number of nitrogens with one attached hydrogen (secondary N) is 1. The highest BCUT2D eigenvalue weighted by Crippen LogP contribution is 2.35. The number of amides is 2. The molecule has 4 rings (SSSR count). The van der Waals surface area contributed by atoms with Crippen LogP contribution in [0.15, 0.2) is 83.5 Å². The molecular formula is C28H25ClN2O5. The molecule has 184 valence electrons. The van der Waals surface area contributed by atoms with Gasteiger partial charge in [-0.15, -0.1) is 0 Å². The summed E-state index contributed by atoms with van der Waals surface area (Å²) in [5.41, 5.74) is 2.15. The summed E-state index contributed by atoms with van der Waals surface area (Å²) >= 11 is 6.21. The quantitative estimate of drug-likeness (QED) is 0.265. The number of methoxy groups -OCH3 is 1. The van der Waals surface area contributed by atoms with Crippen molar-refractivity contribution >= 4 is 40.8 Å². The molecule has 0 aliphatic carbocycles. The van der Waals surface area contributed by atoms with Crippen LogP contribution in [0.2, 0.25) is 0 Å². The Hall–Kier alpha value is -4.10. The molecule has 36 heavy (non-hydrogen) atoms. The third-order valence-corrected chi connectivity index (χ3v) is 6.02. The van der Waals surface area contributed by atoms with E-state index in [1.165, 1.54) is 7.11 Å². The summed E-state index contributed by atoms with van der Waals surface area (Å²) in [6.45, 7) is 6.33. The normalized spacial score (nSPS) is 13.8. The van der Waals surface area contributed by atoms with Gasteiger partial charge in [-0.05, 0) is 59.5 Å². The molecule has 0 unspecified atom stereocenters. The molecule has 8 heteroatoms. The summed E-state index contributed by atoms with van der Waals surface area (Å²) in [7, 11) is 1.45. The Morgan fingerprint density at radius 3 is 2.14 bits per heavy atom. The van der Waals surface area contributed by atoms with E-state index in [-0.39, 0.29) is 16.1 Å². The Bertz CT molecular complexity index is 1360. The average molecular weight is 505 g/mol. The number of anilines is 2. The summed E-state index contributed by atoms with van der Waals surface area (Å²) < 4.78 is 10.7. The summed E-state index contributed by atoms with van der Waals surface area (Å²) in [4.78, 5) is 39.3. The van der Waals surface area contributed by atoms with Crippen LogP contribution in [-0.2, 0) is 15.0 Å². The van der Waals surface area contributed by atoms with Gasteiger partial charge in [-0.2, -0.15) is 0 Å². The second-order valence-corrected chi connectivity index (χ2v) is 9.55. The monoisotopic (exact) mass is 504 g/mol. The van der Waals surface area contributed by atoms with Crippen LogP contribution >= 0.6 is 11.6 Å². The van der Waals surface area contributed by atoms with Crippen LogP contribution in [0.1, 0.15) is 36.7 Å². The van der Waals surface area contributed by atoms with Gasteiger partial charge in [-0.25, -0.2) is 9.69 Å². The lowest BCUT2D eigenvalue weighted by molar-refractivity contribution is -0.120. The SMILES string of the molecule is COc1ccccc1N1C(=O)C(Cl)=C(Nc2ccc(C(=O)Oc3ccc(C(C)(C)C)cc3)cc2)C1=O. The fourth-order valence-corrected chi connectivity index (χ4v) is 3.88. The minimum atomic E-state index is -0.661. The van der Waals surface area contributed by atoms with Crippen molar-refractivity contribution in [3.63, 3.8) is 0 Å². The number of para-hydroxylation sites is 2. The predicted octanol–water partition coefficient (Wildman–Crippen LogP) is 5.65. The van der Waals surface area contributed by atoms with E-state index < -0.39 is 17.8 Å². The highest BCUT2D eigenvalue weighted by atomic mass is 35.5. The van der Waals surface area contributed by atoms with Gasteiger partial charge in [0.05, 0.1) is 18.4 Å². The molecule has 0 aromatic heterocycles. The maximum Gasteiger partial charge on any atom is 0.343 e. The van der Waals surface area contributed by atoms with Crippen molar-refractivity contribution in [2.24, 2.45) is 0 Å². The van der Waals surface area contributed by atoms with Gasteiger partial charge in [0.25, 0.3) is 11.8 Å². The third kappa shape index (κ3) is 4.97. The van der Waals surface area contributed by atoms with Gasteiger partial charge < -0.3 is 14.8 Å². The molecule has 3 aromatic carbocycles. The van der Waals surface area contributed by atoms with Crippen molar-refractivity contribution in [3.8, 4) is 11.5 Å². The lowest BCUT2D eigenvalue weighted by Gasteiger charge is -2.19. The number of rotatable bonds is 6. The Kier molecular flexibility index (Phi) is 6.86. The van der Waals surface area contributed by atoms with Crippen molar-refractivity contribution < 1.29 is 23.9 Å². The first-order valence-corrected chi connectivity index (χ1v) is 11.6. The number of imide groups is 1. The number of nitrogens with zero attached hydrogens (tertiary/aromatic N) is 1. The standard InChI is InChI=1S/C28H25ClN2O5/c1-28(2,3)18-11-15-20(16-12-18)36-27(34)17-9-13-19(14-10-17)30-24-23(29)25(32)31(26(24)33)21-7-5-6-8-22(21)35-4/h5-16,30H,1-4H3. The maximum atomic E-state index is 13.0. The average Bonchev–Trinajstić information content (AvgIpc) is 3.07. The fourth-order valence-electron chi connectivity index (χ4n) is 3.67. The van der Waals surface area contributed by atoms with E-state index in [4.69, 9.17) is 21.1 Å². The largest absolute Gasteiger partial charge is 0.495 e. The topological polar surface area (TPSA) is 84.9 Å². The van der Waals surface area contributed by atoms with Gasteiger partial charge in [-0.1, -0.05) is 56.6 Å². The van der Waals surface area contributed by atoms with Crippen molar-refractivity contribution in [1.82, 2.24) is 0 Å². The summed E-state index contributed by atoms with van der Waals surface area (Å²) in [6, 6.07) is 20.4. The molecule has 0 saturated heterocycles. The van der Waals surface area contributed by atoms with Gasteiger partial charge in [0, 0.05) is 5.69 Å². The Labute approximate surface area is 214 Å². The van der Waals surface area contributed by atoms with E-state index in [1.54, 1.807) is 60.7 Å². The number of hydrogen-bond acceptors (Lipinski definition) is 6. The summed E-state index contributed by atoms with van der Waals surface area (Å²) in [6.07, 6.45) is 0. The van der Waals surface area contributed by atoms with Crippen LogP contribution in [0.3, 0.4) is 0 Å². The molecule has 1 aliphatic heterocycles.